The second-order valence-corrected chi connectivity index (χ2v) is 5.04. The first-order chi connectivity index (χ1) is 8.19. The van der Waals surface area contributed by atoms with Gasteiger partial charge in [0, 0.05) is 24.8 Å². The maximum Gasteiger partial charge on any atom is 0.144 e. The van der Waals surface area contributed by atoms with E-state index in [1.807, 2.05) is 13.0 Å². The molecule has 0 aliphatic heterocycles. The quantitative estimate of drug-likeness (QED) is 0.296. The summed E-state index contributed by atoms with van der Waals surface area (Å²) >= 11 is 1.62. The minimum Gasteiger partial charge on any atom is -0.396 e. The van der Waals surface area contributed by atoms with Gasteiger partial charge in [-0.3, -0.25) is 0 Å². The highest BCUT2D eigenvalue weighted by molar-refractivity contribution is 7.99. The highest BCUT2D eigenvalue weighted by atomic mass is 32.2. The number of nitrogen functional groups attached to an aromatic ring is 1. The van der Waals surface area contributed by atoms with Crippen LogP contribution in [0.25, 0.3) is 0 Å². The average Bonchev–Trinajstić information content (AvgIpc) is 2.36. The van der Waals surface area contributed by atoms with Gasteiger partial charge in [0.25, 0.3) is 0 Å². The predicted octanol–water partition coefficient (Wildman–Crippen LogP) is 1.44. The van der Waals surface area contributed by atoms with Crippen molar-refractivity contribution in [3.8, 4) is 0 Å². The number of rotatable bonds is 7. The predicted molar refractivity (Wildman–Crippen MR) is 70.8 cm³/mol. The lowest BCUT2D eigenvalue weighted by atomic mass is 10.2. The molecular weight excluding hydrogens is 236 g/mol. The van der Waals surface area contributed by atoms with Crippen LogP contribution in [0.2, 0.25) is 0 Å². The average molecular weight is 256 g/mol. The Hall–Kier alpha value is -0.850. The third kappa shape index (κ3) is 4.89. The lowest BCUT2D eigenvalue weighted by molar-refractivity contribution is 0.250. The van der Waals surface area contributed by atoms with Crippen LogP contribution in [0.4, 0.5) is 5.82 Å². The summed E-state index contributed by atoms with van der Waals surface area (Å²) in [5, 5.41) is 9.87. The van der Waals surface area contributed by atoms with Crippen molar-refractivity contribution in [1.82, 2.24) is 9.97 Å². The first kappa shape index (κ1) is 14.2. The SMILES string of the molecule is CCCc1nc(NN)cc(SCC(C)CO)n1. The summed E-state index contributed by atoms with van der Waals surface area (Å²) < 4.78 is 0. The van der Waals surface area contributed by atoms with E-state index in [1.165, 1.54) is 0 Å². The zero-order valence-electron chi connectivity index (χ0n) is 10.3. The van der Waals surface area contributed by atoms with Crippen LogP contribution in [0.5, 0.6) is 0 Å². The first-order valence-electron chi connectivity index (χ1n) is 5.77. The van der Waals surface area contributed by atoms with Crippen LogP contribution >= 0.6 is 11.8 Å². The molecule has 0 aliphatic carbocycles. The smallest absolute Gasteiger partial charge is 0.144 e. The third-order valence-electron chi connectivity index (χ3n) is 2.20. The van der Waals surface area contributed by atoms with Gasteiger partial charge in [-0.2, -0.15) is 0 Å². The molecule has 96 valence electrons. The molecule has 0 spiro atoms. The largest absolute Gasteiger partial charge is 0.396 e. The molecule has 0 aromatic carbocycles. The number of hydrogen-bond acceptors (Lipinski definition) is 6. The van der Waals surface area contributed by atoms with Crippen molar-refractivity contribution >= 4 is 17.6 Å². The van der Waals surface area contributed by atoms with Crippen LogP contribution in [0.15, 0.2) is 11.1 Å². The number of anilines is 1. The van der Waals surface area contributed by atoms with Gasteiger partial charge in [-0.25, -0.2) is 15.8 Å². The minimum atomic E-state index is 0.196. The molecule has 1 unspecified atom stereocenters. The van der Waals surface area contributed by atoms with E-state index in [4.69, 9.17) is 10.9 Å². The number of hydrogen-bond donors (Lipinski definition) is 3. The molecule has 0 fully saturated rings. The fraction of sp³-hybridized carbons (Fsp3) is 0.636. The van der Waals surface area contributed by atoms with Gasteiger partial charge in [-0.1, -0.05) is 13.8 Å². The lowest BCUT2D eigenvalue weighted by Crippen LogP contribution is -2.11. The van der Waals surface area contributed by atoms with Crippen molar-refractivity contribution in [1.29, 1.82) is 0 Å². The van der Waals surface area contributed by atoms with Gasteiger partial charge in [0.2, 0.25) is 0 Å². The molecule has 1 aromatic heterocycles. The Morgan fingerprint density at radius 3 is 2.88 bits per heavy atom. The van der Waals surface area contributed by atoms with Crippen molar-refractivity contribution in [3.05, 3.63) is 11.9 Å². The zero-order chi connectivity index (χ0) is 12.7. The van der Waals surface area contributed by atoms with Crippen molar-refractivity contribution < 1.29 is 5.11 Å². The summed E-state index contributed by atoms with van der Waals surface area (Å²) in [6.07, 6.45) is 1.85. The molecule has 1 atom stereocenters. The van der Waals surface area contributed by atoms with Gasteiger partial charge in [0.05, 0.1) is 0 Å². The zero-order valence-corrected chi connectivity index (χ0v) is 11.1. The molecule has 4 N–H and O–H groups in total. The number of hydrazine groups is 1. The Morgan fingerprint density at radius 1 is 1.53 bits per heavy atom. The van der Waals surface area contributed by atoms with Crippen molar-refractivity contribution in [2.75, 3.05) is 17.8 Å². The summed E-state index contributed by atoms with van der Waals surface area (Å²) in [7, 11) is 0. The van der Waals surface area contributed by atoms with E-state index in [1.54, 1.807) is 11.8 Å². The minimum absolute atomic E-state index is 0.196. The maximum absolute atomic E-state index is 8.97. The Kier molecular flexibility index (Phi) is 6.25. The number of aryl methyl sites for hydroxylation is 1. The summed E-state index contributed by atoms with van der Waals surface area (Å²) in [6, 6.07) is 1.83. The van der Waals surface area contributed by atoms with E-state index in [0.29, 0.717) is 5.82 Å². The third-order valence-corrected chi connectivity index (χ3v) is 3.44. The number of nitrogens with one attached hydrogen (secondary N) is 1. The number of nitrogens with two attached hydrogens (primary N) is 1. The van der Waals surface area contributed by atoms with Crippen LogP contribution in [0, 0.1) is 5.92 Å². The molecule has 1 heterocycles. The molecule has 17 heavy (non-hydrogen) atoms. The Balaban J connectivity index is 2.72. The summed E-state index contributed by atoms with van der Waals surface area (Å²) in [5.41, 5.74) is 2.55. The summed E-state index contributed by atoms with van der Waals surface area (Å²) in [5.74, 6) is 7.92. The monoisotopic (exact) mass is 256 g/mol. The summed E-state index contributed by atoms with van der Waals surface area (Å²) in [6.45, 7) is 4.29. The van der Waals surface area contributed by atoms with Crippen LogP contribution in [0.3, 0.4) is 0 Å². The van der Waals surface area contributed by atoms with E-state index in [-0.39, 0.29) is 12.5 Å². The fourth-order valence-electron chi connectivity index (χ4n) is 1.24. The van der Waals surface area contributed by atoms with Gasteiger partial charge in [-0.15, -0.1) is 11.8 Å². The van der Waals surface area contributed by atoms with E-state index in [0.717, 1.165) is 29.4 Å². The van der Waals surface area contributed by atoms with Crippen LogP contribution in [-0.4, -0.2) is 27.4 Å². The van der Waals surface area contributed by atoms with Gasteiger partial charge in [0.1, 0.15) is 16.7 Å². The molecule has 0 amide bonds. The molecule has 6 heteroatoms. The van der Waals surface area contributed by atoms with E-state index in [9.17, 15) is 0 Å². The molecule has 1 aromatic rings. The topological polar surface area (TPSA) is 84.1 Å². The molecule has 1 rings (SSSR count). The molecule has 0 radical (unpaired) electrons. The lowest BCUT2D eigenvalue weighted by Gasteiger charge is -2.09. The van der Waals surface area contributed by atoms with Crippen LogP contribution < -0.4 is 11.3 Å². The Labute approximate surface area is 106 Å². The van der Waals surface area contributed by atoms with E-state index in [2.05, 4.69) is 22.3 Å². The Bertz CT molecular complexity index is 348. The van der Waals surface area contributed by atoms with Crippen LogP contribution in [0.1, 0.15) is 26.1 Å². The number of thioether (sulfide) groups is 1. The highest BCUT2D eigenvalue weighted by Crippen LogP contribution is 2.21. The van der Waals surface area contributed by atoms with Crippen LogP contribution in [-0.2, 0) is 6.42 Å². The second-order valence-electron chi connectivity index (χ2n) is 4.00. The normalized spacial score (nSPS) is 12.5. The maximum atomic E-state index is 8.97. The molecule has 0 bridgehead atoms. The highest BCUT2D eigenvalue weighted by Gasteiger charge is 2.06. The standard InChI is InChI=1S/C11H20N4OS/c1-3-4-9-13-10(15-12)5-11(14-9)17-7-8(2)6-16/h5,8,16H,3-4,6-7,12H2,1-2H3,(H,13,14,15). The van der Waals surface area contributed by atoms with E-state index < -0.39 is 0 Å². The van der Waals surface area contributed by atoms with Crippen molar-refractivity contribution in [3.63, 3.8) is 0 Å². The fourth-order valence-corrected chi connectivity index (χ4v) is 2.16. The molecule has 5 nitrogen and oxygen atoms in total. The van der Waals surface area contributed by atoms with Gasteiger partial charge in [-0.05, 0) is 12.3 Å². The number of aliphatic hydroxyl groups excluding tert-OH is 1. The number of nitrogens with zero attached hydrogens (tertiary/aromatic N) is 2. The molecule has 0 saturated heterocycles. The van der Waals surface area contributed by atoms with Gasteiger partial charge < -0.3 is 10.5 Å². The van der Waals surface area contributed by atoms with E-state index >= 15 is 0 Å². The second kappa shape index (κ2) is 7.47. The Morgan fingerprint density at radius 2 is 2.29 bits per heavy atom. The summed E-state index contributed by atoms with van der Waals surface area (Å²) in [4.78, 5) is 8.73. The van der Waals surface area contributed by atoms with Gasteiger partial charge >= 0.3 is 0 Å². The number of aliphatic hydroxyl groups is 1. The molecule has 0 aliphatic rings. The van der Waals surface area contributed by atoms with Crippen molar-refractivity contribution in [2.45, 2.75) is 31.7 Å². The van der Waals surface area contributed by atoms with Gasteiger partial charge in [0.15, 0.2) is 0 Å². The molecular formula is C11H20N4OS. The van der Waals surface area contributed by atoms with Crippen molar-refractivity contribution in [2.24, 2.45) is 11.8 Å². The first-order valence-corrected chi connectivity index (χ1v) is 6.76. The molecule has 0 saturated carbocycles. The number of aromatic nitrogens is 2.